The summed E-state index contributed by atoms with van der Waals surface area (Å²) in [5.41, 5.74) is 5.00. The fourth-order valence-corrected chi connectivity index (χ4v) is 4.03. The first-order valence-electron chi connectivity index (χ1n) is 9.65. The van der Waals surface area contributed by atoms with Crippen molar-refractivity contribution in [1.82, 2.24) is 0 Å². The Bertz CT molecular complexity index is 1000. The lowest BCUT2D eigenvalue weighted by Gasteiger charge is -2.09. The number of rotatable bonds is 6. The molecule has 0 radical (unpaired) electrons. The van der Waals surface area contributed by atoms with Gasteiger partial charge in [0.05, 0.1) is 7.11 Å². The number of carbonyl (C=O) groups excluding carboxylic acids is 2. The number of hydrogen-bond acceptors (Lipinski definition) is 4. The molecule has 0 saturated carbocycles. The summed E-state index contributed by atoms with van der Waals surface area (Å²) in [5.74, 6) is -0.316. The van der Waals surface area contributed by atoms with Gasteiger partial charge in [-0.2, -0.15) is 0 Å². The first-order chi connectivity index (χ1) is 13.9. The van der Waals surface area contributed by atoms with E-state index < -0.39 is 5.97 Å². The lowest BCUT2D eigenvalue weighted by molar-refractivity contribution is 0.0603. The predicted molar refractivity (Wildman–Crippen MR) is 119 cm³/mol. The number of hydrogen-bond donors (Lipinski definition) is 1. The highest BCUT2D eigenvalue weighted by atomic mass is 32.1. The second-order valence-electron chi connectivity index (χ2n) is 7.13. The molecule has 1 amide bonds. The topological polar surface area (TPSA) is 55.4 Å². The van der Waals surface area contributed by atoms with Gasteiger partial charge in [0.1, 0.15) is 10.6 Å². The Morgan fingerprint density at radius 3 is 2.24 bits per heavy atom. The van der Waals surface area contributed by atoms with Crippen LogP contribution < -0.4 is 5.32 Å². The Morgan fingerprint density at radius 2 is 1.69 bits per heavy atom. The minimum absolute atomic E-state index is 0.250. The number of aryl methyl sites for hydroxylation is 1. The molecule has 2 aromatic carbocycles. The monoisotopic (exact) mass is 407 g/mol. The average molecular weight is 408 g/mol. The highest BCUT2D eigenvalue weighted by molar-refractivity contribution is 7.15. The fraction of sp³-hybridized carbons (Fsp3) is 0.250. The molecule has 29 heavy (non-hydrogen) atoms. The van der Waals surface area contributed by atoms with Crippen LogP contribution in [0.15, 0.2) is 53.9 Å². The zero-order valence-corrected chi connectivity index (χ0v) is 17.9. The highest BCUT2D eigenvalue weighted by Gasteiger charge is 2.22. The van der Waals surface area contributed by atoms with E-state index in [1.165, 1.54) is 29.6 Å². The molecule has 150 valence electrons. The van der Waals surface area contributed by atoms with Crippen molar-refractivity contribution in [3.63, 3.8) is 0 Å². The van der Waals surface area contributed by atoms with Gasteiger partial charge < -0.3 is 10.1 Å². The molecule has 5 heteroatoms. The molecule has 0 bridgehead atoms. The van der Waals surface area contributed by atoms with E-state index >= 15 is 0 Å². The SMILES string of the molecule is CCc1ccc(-c2csc(NC(=O)c3ccc(C(C)C)cc3)c2C(=O)OC)cc1. The smallest absolute Gasteiger partial charge is 0.341 e. The van der Waals surface area contributed by atoms with Crippen molar-refractivity contribution in [1.29, 1.82) is 0 Å². The fourth-order valence-electron chi connectivity index (χ4n) is 3.08. The third kappa shape index (κ3) is 4.57. The third-order valence-corrected chi connectivity index (χ3v) is 5.82. The van der Waals surface area contributed by atoms with Gasteiger partial charge in [0, 0.05) is 16.5 Å². The van der Waals surface area contributed by atoms with E-state index in [-0.39, 0.29) is 5.91 Å². The van der Waals surface area contributed by atoms with Gasteiger partial charge in [0.2, 0.25) is 0 Å². The molecule has 0 aliphatic carbocycles. The molecule has 1 aromatic heterocycles. The minimum atomic E-state index is -0.466. The van der Waals surface area contributed by atoms with Crippen LogP contribution in [0.2, 0.25) is 0 Å². The van der Waals surface area contributed by atoms with E-state index in [9.17, 15) is 9.59 Å². The molecule has 3 rings (SSSR count). The number of carbonyl (C=O) groups is 2. The Labute approximate surface area is 175 Å². The van der Waals surface area contributed by atoms with Crippen LogP contribution in [0.5, 0.6) is 0 Å². The van der Waals surface area contributed by atoms with E-state index in [2.05, 4.69) is 26.1 Å². The first kappa shape index (κ1) is 20.8. The zero-order valence-electron chi connectivity index (χ0n) is 17.1. The van der Waals surface area contributed by atoms with Gasteiger partial charge in [0.25, 0.3) is 5.91 Å². The Balaban J connectivity index is 1.91. The van der Waals surface area contributed by atoms with Crippen molar-refractivity contribution in [3.8, 4) is 11.1 Å². The van der Waals surface area contributed by atoms with Crippen LogP contribution in [0.4, 0.5) is 5.00 Å². The maximum absolute atomic E-state index is 12.7. The van der Waals surface area contributed by atoms with E-state index in [1.807, 2.05) is 41.8 Å². The maximum atomic E-state index is 12.7. The second kappa shape index (κ2) is 9.05. The van der Waals surface area contributed by atoms with E-state index in [1.54, 1.807) is 12.1 Å². The quantitative estimate of drug-likeness (QED) is 0.499. The van der Waals surface area contributed by atoms with Gasteiger partial charge in [-0.1, -0.05) is 57.2 Å². The van der Waals surface area contributed by atoms with Gasteiger partial charge >= 0.3 is 5.97 Å². The van der Waals surface area contributed by atoms with Crippen LogP contribution >= 0.6 is 11.3 Å². The lowest BCUT2D eigenvalue weighted by Crippen LogP contribution is -2.14. The molecular weight excluding hydrogens is 382 g/mol. The second-order valence-corrected chi connectivity index (χ2v) is 8.01. The Hall–Kier alpha value is -2.92. The van der Waals surface area contributed by atoms with Crippen LogP contribution in [-0.4, -0.2) is 19.0 Å². The third-order valence-electron chi connectivity index (χ3n) is 4.92. The number of benzene rings is 2. The number of nitrogens with one attached hydrogen (secondary N) is 1. The summed E-state index contributed by atoms with van der Waals surface area (Å²) in [6.45, 7) is 6.32. The summed E-state index contributed by atoms with van der Waals surface area (Å²) >= 11 is 1.32. The van der Waals surface area contributed by atoms with Gasteiger partial charge in [-0.05, 0) is 41.2 Å². The summed E-state index contributed by atoms with van der Waals surface area (Å²) in [6, 6.07) is 15.6. The van der Waals surface area contributed by atoms with E-state index in [0.29, 0.717) is 22.0 Å². The molecule has 0 spiro atoms. The first-order valence-corrected chi connectivity index (χ1v) is 10.5. The largest absolute Gasteiger partial charge is 0.465 e. The lowest BCUT2D eigenvalue weighted by atomic mass is 10.0. The van der Waals surface area contributed by atoms with Gasteiger partial charge in [0.15, 0.2) is 0 Å². The molecule has 0 aliphatic heterocycles. The number of esters is 1. The number of thiophene rings is 1. The summed E-state index contributed by atoms with van der Waals surface area (Å²) in [5, 5.41) is 5.25. The van der Waals surface area contributed by atoms with Crippen molar-refractivity contribution in [2.24, 2.45) is 0 Å². The van der Waals surface area contributed by atoms with Crippen molar-refractivity contribution in [2.75, 3.05) is 12.4 Å². The molecule has 1 heterocycles. The molecule has 0 saturated heterocycles. The zero-order chi connectivity index (χ0) is 21.0. The maximum Gasteiger partial charge on any atom is 0.341 e. The van der Waals surface area contributed by atoms with E-state index in [4.69, 9.17) is 4.74 Å². The normalized spacial score (nSPS) is 10.8. The minimum Gasteiger partial charge on any atom is -0.465 e. The number of amides is 1. The van der Waals surface area contributed by atoms with Crippen LogP contribution in [0.25, 0.3) is 11.1 Å². The highest BCUT2D eigenvalue weighted by Crippen LogP contribution is 2.36. The summed E-state index contributed by atoms with van der Waals surface area (Å²) in [7, 11) is 1.35. The average Bonchev–Trinajstić information content (AvgIpc) is 3.16. The van der Waals surface area contributed by atoms with Crippen LogP contribution in [-0.2, 0) is 11.2 Å². The number of methoxy groups -OCH3 is 1. The van der Waals surface area contributed by atoms with Crippen molar-refractivity contribution >= 4 is 28.2 Å². The standard InChI is InChI=1S/C24H25NO3S/c1-5-16-6-8-18(9-7-16)20-14-29-23(21(20)24(27)28-4)25-22(26)19-12-10-17(11-13-19)15(2)3/h6-15H,5H2,1-4H3,(H,25,26). The molecule has 0 aliphatic rings. The molecule has 1 N–H and O–H groups in total. The summed E-state index contributed by atoms with van der Waals surface area (Å²) in [6.07, 6.45) is 0.949. The predicted octanol–water partition coefficient (Wildman–Crippen LogP) is 6.14. The summed E-state index contributed by atoms with van der Waals surface area (Å²) < 4.78 is 4.99. The van der Waals surface area contributed by atoms with Crippen molar-refractivity contribution in [3.05, 3.63) is 76.2 Å². The number of anilines is 1. The van der Waals surface area contributed by atoms with Gasteiger partial charge in [-0.25, -0.2) is 4.79 Å². The van der Waals surface area contributed by atoms with Crippen LogP contribution in [0, 0.1) is 0 Å². The van der Waals surface area contributed by atoms with Crippen LogP contribution in [0.1, 0.15) is 58.5 Å². The Kier molecular flexibility index (Phi) is 6.49. The van der Waals surface area contributed by atoms with Crippen molar-refractivity contribution in [2.45, 2.75) is 33.1 Å². The number of ether oxygens (including phenoxy) is 1. The molecule has 4 nitrogen and oxygen atoms in total. The van der Waals surface area contributed by atoms with Crippen LogP contribution in [0.3, 0.4) is 0 Å². The van der Waals surface area contributed by atoms with Gasteiger partial charge in [-0.15, -0.1) is 11.3 Å². The summed E-state index contributed by atoms with van der Waals surface area (Å²) in [4.78, 5) is 25.2. The molecule has 0 unspecified atom stereocenters. The van der Waals surface area contributed by atoms with Crippen molar-refractivity contribution < 1.29 is 14.3 Å². The van der Waals surface area contributed by atoms with E-state index in [0.717, 1.165) is 17.5 Å². The molecular formula is C24H25NO3S. The van der Waals surface area contributed by atoms with Gasteiger partial charge in [-0.3, -0.25) is 4.79 Å². The Morgan fingerprint density at radius 1 is 1.03 bits per heavy atom. The molecule has 3 aromatic rings. The molecule has 0 atom stereocenters. The molecule has 0 fully saturated rings.